The molecule has 0 N–H and O–H groups in total. The molecule has 0 fully saturated rings. The van der Waals surface area contributed by atoms with Gasteiger partial charge in [-0.05, 0) is 238 Å². The number of aryl methyl sites for hydroxylation is 7. The Bertz CT molecular complexity index is 6710. The molecule has 0 saturated carbocycles. The fourth-order valence-electron chi connectivity index (χ4n) is 16.2. The van der Waals surface area contributed by atoms with E-state index in [0.29, 0.717) is 144 Å². The quantitative estimate of drug-likeness (QED) is 0.0359. The maximum atomic E-state index is 14.4. The van der Waals surface area contributed by atoms with Crippen LogP contribution < -0.4 is 4.74 Å². The number of carbonyl (C=O) groups is 5. The van der Waals surface area contributed by atoms with E-state index in [4.69, 9.17) is 66.1 Å². The second-order valence-corrected chi connectivity index (χ2v) is 42.0. The van der Waals surface area contributed by atoms with E-state index in [0.717, 1.165) is 155 Å². The van der Waals surface area contributed by atoms with Crippen LogP contribution in [0.4, 0.5) is 13.2 Å². The molecule has 0 bridgehead atoms. The van der Waals surface area contributed by atoms with Crippen LogP contribution in [0.25, 0.3) is 55.2 Å². The summed E-state index contributed by atoms with van der Waals surface area (Å²) in [5.41, 5.74) is 10.3. The molecule has 0 atom stereocenters. The van der Waals surface area contributed by atoms with Crippen LogP contribution in [0.5, 0.6) is 5.75 Å². The van der Waals surface area contributed by atoms with E-state index in [9.17, 15) is 37.1 Å². The zero-order chi connectivity index (χ0) is 101. The minimum atomic E-state index is -0.358. The van der Waals surface area contributed by atoms with Gasteiger partial charge >= 0.3 is 0 Å². The highest BCUT2D eigenvalue weighted by atomic mass is 35.5. The van der Waals surface area contributed by atoms with Crippen molar-refractivity contribution in [1.82, 2.24) is 72.3 Å². The number of imidazole rings is 5. The van der Waals surface area contributed by atoms with Gasteiger partial charge in [-0.25, -0.2) is 38.1 Å². The number of benzene rings is 8. The molecule has 0 aliphatic carbocycles. The van der Waals surface area contributed by atoms with Crippen molar-refractivity contribution in [3.05, 3.63) is 291 Å². The van der Waals surface area contributed by atoms with Gasteiger partial charge in [-0.3, -0.25) is 24.0 Å². The van der Waals surface area contributed by atoms with E-state index < -0.39 is 0 Å². The van der Waals surface area contributed by atoms with Gasteiger partial charge in [-0.15, -0.1) is 22.7 Å². The van der Waals surface area contributed by atoms with Crippen LogP contribution in [0.3, 0.4) is 0 Å². The molecule has 0 saturated heterocycles. The molecule has 21 nitrogen and oxygen atoms in total. The summed E-state index contributed by atoms with van der Waals surface area (Å²) in [6.07, 6.45) is 6.16. The fraction of sp³-hybridized carbons (Fsp3) is 0.400. The van der Waals surface area contributed by atoms with Gasteiger partial charge < -0.3 is 52.1 Å². The smallest absolute Gasteiger partial charge is 0.264 e. The molecule has 15 aromatic rings. The van der Waals surface area contributed by atoms with Gasteiger partial charge in [0.2, 0.25) is 17.7 Å². The summed E-state index contributed by atoms with van der Waals surface area (Å²) < 4.78 is 57.6. The molecule has 0 unspecified atom stereocenters. The molecule has 0 aliphatic heterocycles. The molecular formula is C110H132Cl4F3N15O6S2. The fourth-order valence-corrected chi connectivity index (χ4v) is 18.6. The summed E-state index contributed by atoms with van der Waals surface area (Å²) in [5, 5.41) is 2.70. The van der Waals surface area contributed by atoms with Gasteiger partial charge in [0.1, 0.15) is 51.7 Å². The van der Waals surface area contributed by atoms with Gasteiger partial charge in [-0.1, -0.05) is 178 Å². The van der Waals surface area contributed by atoms with Crippen LogP contribution in [-0.4, -0.2) is 142 Å². The van der Waals surface area contributed by atoms with E-state index in [1.54, 1.807) is 47.6 Å². The standard InChI is InChI=1S/C25H32FN3O2.C24H29F2N3O.C22H25Cl2N3O.C20H24ClN3OS.C19H22ClN3OS/c1-5-13-29-22-11-7-10-21(26)25(22)27-23(29)17-28(14-12-18(2)3)24(30)16-19-8-6-9-20(15-19)31-4;1-4-12-29-21-10-6-9-20(26)24(21)27-22(29)16-28(13-11-17(2)3)23(30)15-18-7-5-8-19(25)14-18;1-15(2)9-10-27(22(28)12-16-5-4-6-17(23)11-16)14-21-25-19-8-7-18(24)13-20(19)26(21)3;1-13(2)9-10-24(20(25)18-8-5-14(3)26-18)12-19-22-16-7-6-15(21)11-17(16)23(19)4;1-12(2)10-23(19(24)17-8-5-13(3)25-17)11-18-21-15-7-6-14(20)9-16(15)22(18)4/h6-11,15,18H,5,12-14,16-17H2,1-4H3;5-10,14,17H,4,11-13,15-16H2,1-3H3;4-8,11,13,15H,9-10,12,14H2,1-3H3;5-8,11,13H,9-10,12H2,1-4H3;5-9,12H,10-11H2,1-4H3. The van der Waals surface area contributed by atoms with Gasteiger partial charge in [0.25, 0.3) is 11.8 Å². The average Bonchev–Trinajstić information content (AvgIpc) is 1.64. The number of hydrogen-bond donors (Lipinski definition) is 0. The summed E-state index contributed by atoms with van der Waals surface area (Å²) in [7, 11) is 7.52. The highest BCUT2D eigenvalue weighted by molar-refractivity contribution is 7.14. The number of nitrogens with zero attached hydrogens (tertiary/aromatic N) is 15. The Labute approximate surface area is 849 Å². The number of rotatable bonds is 37. The Morgan fingerprint density at radius 2 is 0.714 bits per heavy atom. The average molecular weight is 2020 g/mol. The predicted octanol–water partition coefficient (Wildman–Crippen LogP) is 26.2. The molecule has 5 amide bonds. The first-order chi connectivity index (χ1) is 66.8. The third kappa shape index (κ3) is 30.6. The SMILES string of the molecule is CC(C)CCN(Cc1nc2ccc(Cl)cc2n1C)C(=O)Cc1cccc(Cl)c1.CCCn1c(CN(CCC(C)C)C(=O)Cc2cccc(F)c2)nc2c(F)cccc21.CCCn1c(CN(CCC(C)C)C(=O)Cc2cccc(OC)c2)nc2c(F)cccc21.Cc1ccc(C(=O)N(CCC(C)C)Cc2nc3ccc(Cl)cc3n2C)s1.Cc1ccc(C(=O)N(Cc2nc3ccc(Cl)cc3n2C)CC(C)C)s1. The molecule has 140 heavy (non-hydrogen) atoms. The van der Waals surface area contributed by atoms with E-state index in [1.165, 1.54) is 35.6 Å². The number of halogens is 7. The van der Waals surface area contributed by atoms with Gasteiger partial charge in [-0.2, -0.15) is 0 Å². The maximum absolute atomic E-state index is 14.4. The summed E-state index contributed by atoms with van der Waals surface area (Å²) >= 11 is 27.5. The lowest BCUT2D eigenvalue weighted by Gasteiger charge is -2.24. The van der Waals surface area contributed by atoms with Gasteiger partial charge in [0.15, 0.2) is 11.6 Å². The Hall–Kier alpha value is -11.4. The maximum Gasteiger partial charge on any atom is 0.264 e. The van der Waals surface area contributed by atoms with Crippen LogP contribution in [-0.2, 0) is 101 Å². The topological polar surface area (TPSA) is 200 Å². The summed E-state index contributed by atoms with van der Waals surface area (Å²) in [5.74, 6) is 6.18. The predicted molar refractivity (Wildman–Crippen MR) is 566 cm³/mol. The lowest BCUT2D eigenvalue weighted by molar-refractivity contribution is -0.132. The van der Waals surface area contributed by atoms with Crippen molar-refractivity contribution < 1.29 is 41.9 Å². The molecule has 8 aromatic carbocycles. The third-order valence-electron chi connectivity index (χ3n) is 24.0. The number of ether oxygens (including phenoxy) is 1. The van der Waals surface area contributed by atoms with Crippen LogP contribution in [0.2, 0.25) is 20.1 Å². The van der Waals surface area contributed by atoms with Crippen molar-refractivity contribution >= 4 is 154 Å². The van der Waals surface area contributed by atoms with E-state index in [2.05, 4.69) is 93.1 Å². The number of methoxy groups -OCH3 is 1. The number of thiophene rings is 2. The monoisotopic (exact) mass is 2020 g/mol. The summed E-state index contributed by atoms with van der Waals surface area (Å²) in [6, 6.07) is 55.9. The number of para-hydroxylation sites is 2. The van der Waals surface area contributed by atoms with Gasteiger partial charge in [0, 0.05) is 96.8 Å². The van der Waals surface area contributed by atoms with Crippen LogP contribution >= 0.6 is 69.1 Å². The second kappa shape index (κ2) is 51.9. The van der Waals surface area contributed by atoms with Crippen molar-refractivity contribution in [3.63, 3.8) is 0 Å². The largest absolute Gasteiger partial charge is 0.497 e. The number of carbonyl (C=O) groups excluding carboxylic acids is 5. The molecule has 744 valence electrons. The minimum Gasteiger partial charge on any atom is -0.497 e. The molecule has 7 heterocycles. The van der Waals surface area contributed by atoms with Crippen molar-refractivity contribution in [2.24, 2.45) is 50.7 Å². The first-order valence-electron chi connectivity index (χ1n) is 48.1. The second-order valence-electron chi connectivity index (χ2n) is 37.7. The molecule has 7 aromatic heterocycles. The van der Waals surface area contributed by atoms with Crippen molar-refractivity contribution in [2.45, 2.75) is 201 Å². The Balaban J connectivity index is 0.000000168. The number of amides is 5. The summed E-state index contributed by atoms with van der Waals surface area (Å²) in [6.45, 7) is 36.5. The Morgan fingerprint density at radius 3 is 1.08 bits per heavy atom. The van der Waals surface area contributed by atoms with E-state index in [-0.39, 0.29) is 59.8 Å². The van der Waals surface area contributed by atoms with Crippen LogP contribution in [0.15, 0.2) is 188 Å². The van der Waals surface area contributed by atoms with Crippen molar-refractivity contribution in [3.8, 4) is 5.75 Å². The first-order valence-corrected chi connectivity index (χ1v) is 51.2. The number of aromatic nitrogens is 10. The van der Waals surface area contributed by atoms with Crippen molar-refractivity contribution in [1.29, 1.82) is 0 Å². The van der Waals surface area contributed by atoms with Gasteiger partial charge in [0.05, 0.1) is 113 Å². The van der Waals surface area contributed by atoms with E-state index >= 15 is 0 Å². The number of fused-ring (bicyclic) bond motifs is 5. The molecule has 0 aliphatic rings. The molecule has 30 heteroatoms. The minimum absolute atomic E-state index is 0.0319. The zero-order valence-corrected chi connectivity index (χ0v) is 88.4. The Morgan fingerprint density at radius 1 is 0.371 bits per heavy atom. The normalized spacial score (nSPS) is 11.4. The van der Waals surface area contributed by atoms with Crippen LogP contribution in [0, 0.1) is 60.9 Å². The zero-order valence-electron chi connectivity index (χ0n) is 83.8. The van der Waals surface area contributed by atoms with E-state index in [1.807, 2.05) is 217 Å². The third-order valence-corrected chi connectivity index (χ3v) is 26.9. The van der Waals surface area contributed by atoms with Crippen LogP contribution in [0.1, 0.15) is 197 Å². The first kappa shape index (κ1) is 109. The highest BCUT2D eigenvalue weighted by Gasteiger charge is 2.28. The lowest BCUT2D eigenvalue weighted by Crippen LogP contribution is -2.34. The van der Waals surface area contributed by atoms with Crippen molar-refractivity contribution in [2.75, 3.05) is 39.8 Å². The Kier molecular flexibility index (Phi) is 40.4. The molecule has 15 rings (SSSR count). The molecular weight excluding hydrogens is 1890 g/mol. The highest BCUT2D eigenvalue weighted by Crippen LogP contribution is 2.31. The number of hydrogen-bond acceptors (Lipinski definition) is 13. The lowest BCUT2D eigenvalue weighted by atomic mass is 10.1. The molecule has 0 radical (unpaired) electrons. The molecule has 0 spiro atoms. The summed E-state index contributed by atoms with van der Waals surface area (Å²) in [4.78, 5) is 102.